The van der Waals surface area contributed by atoms with Gasteiger partial charge >= 0.3 is 0 Å². The third-order valence-electron chi connectivity index (χ3n) is 6.47. The molecule has 5 rings (SSSR count). The fourth-order valence-electron chi connectivity index (χ4n) is 4.65. The maximum absolute atomic E-state index is 9.41. The molecule has 2 N–H and O–H groups in total. The van der Waals surface area contributed by atoms with E-state index in [0.717, 1.165) is 59.5 Å². The fraction of sp³-hybridized carbons (Fsp3) is 0.400. The van der Waals surface area contributed by atoms with Gasteiger partial charge in [-0.25, -0.2) is 14.6 Å². The highest BCUT2D eigenvalue weighted by Gasteiger charge is 2.23. The predicted octanol–water partition coefficient (Wildman–Crippen LogP) is 4.09. The molecule has 0 aromatic carbocycles. The SMILES string of the molecule is CC(C)Nc1cc(-n2ccc3cc(C#N)cnc32)ncc1-c1cn(C2CCC(CO)CC2)nn1. The van der Waals surface area contributed by atoms with Crippen LogP contribution >= 0.6 is 0 Å². The van der Waals surface area contributed by atoms with Crippen molar-refractivity contribution < 1.29 is 5.11 Å². The van der Waals surface area contributed by atoms with Crippen LogP contribution in [0.2, 0.25) is 0 Å². The van der Waals surface area contributed by atoms with Crippen LogP contribution in [0.25, 0.3) is 28.1 Å². The van der Waals surface area contributed by atoms with Crippen LogP contribution in [0.1, 0.15) is 51.1 Å². The Bertz CT molecular complexity index is 1340. The summed E-state index contributed by atoms with van der Waals surface area (Å²) in [6.07, 6.45) is 11.4. The lowest BCUT2D eigenvalue weighted by Crippen LogP contribution is -2.20. The van der Waals surface area contributed by atoms with Crippen molar-refractivity contribution >= 4 is 16.7 Å². The Hall–Kier alpha value is -3.77. The molecule has 0 amide bonds. The number of nitrogens with one attached hydrogen (secondary N) is 1. The lowest BCUT2D eigenvalue weighted by atomic mass is 9.87. The number of hydrogen-bond donors (Lipinski definition) is 2. The van der Waals surface area contributed by atoms with Gasteiger partial charge < -0.3 is 10.4 Å². The highest BCUT2D eigenvalue weighted by atomic mass is 16.3. The van der Waals surface area contributed by atoms with Crippen LogP contribution in [-0.4, -0.2) is 47.3 Å². The number of rotatable bonds is 6. The standard InChI is InChI=1S/C25H28N8O/c1-16(2)29-22-10-24(32-8-7-19-9-18(11-26)12-28-25(19)32)27-13-21(22)23-14-33(31-30-23)20-5-3-17(15-34)4-6-20/h7-10,12-14,16-17,20,34H,3-6,15H2,1-2H3,(H,27,29). The summed E-state index contributed by atoms with van der Waals surface area (Å²) in [6, 6.07) is 8.43. The summed E-state index contributed by atoms with van der Waals surface area (Å²) in [7, 11) is 0. The third-order valence-corrected chi connectivity index (χ3v) is 6.47. The molecule has 4 heterocycles. The second-order valence-corrected chi connectivity index (χ2v) is 9.26. The minimum Gasteiger partial charge on any atom is -0.396 e. The number of aromatic nitrogens is 6. The Morgan fingerprint density at radius 3 is 2.74 bits per heavy atom. The number of pyridine rings is 2. The summed E-state index contributed by atoms with van der Waals surface area (Å²) in [5.74, 6) is 1.14. The molecule has 0 atom stereocenters. The molecule has 0 spiro atoms. The number of aliphatic hydroxyl groups is 1. The van der Waals surface area contributed by atoms with Gasteiger partial charge in [0.25, 0.3) is 0 Å². The van der Waals surface area contributed by atoms with Crippen LogP contribution in [0.15, 0.2) is 43.0 Å². The molecule has 0 aliphatic heterocycles. The van der Waals surface area contributed by atoms with E-state index in [1.807, 2.05) is 46.0 Å². The van der Waals surface area contributed by atoms with E-state index in [1.54, 1.807) is 6.20 Å². The van der Waals surface area contributed by atoms with Crippen molar-refractivity contribution in [2.45, 2.75) is 51.6 Å². The molecular formula is C25H28N8O. The van der Waals surface area contributed by atoms with Crippen molar-refractivity contribution in [1.82, 2.24) is 29.5 Å². The molecule has 174 valence electrons. The van der Waals surface area contributed by atoms with Crippen LogP contribution in [0.5, 0.6) is 0 Å². The number of hydrogen-bond acceptors (Lipinski definition) is 7. The quantitative estimate of drug-likeness (QED) is 0.448. The van der Waals surface area contributed by atoms with Crippen molar-refractivity contribution in [3.63, 3.8) is 0 Å². The molecule has 1 aliphatic rings. The lowest BCUT2D eigenvalue weighted by molar-refractivity contribution is 0.164. The molecule has 1 fully saturated rings. The minimum absolute atomic E-state index is 0.218. The second-order valence-electron chi connectivity index (χ2n) is 9.26. The van der Waals surface area contributed by atoms with Crippen LogP contribution in [0.4, 0.5) is 5.69 Å². The zero-order valence-corrected chi connectivity index (χ0v) is 19.4. The number of anilines is 1. The van der Waals surface area contributed by atoms with Crippen molar-refractivity contribution in [2.24, 2.45) is 5.92 Å². The van der Waals surface area contributed by atoms with Crippen LogP contribution in [0.3, 0.4) is 0 Å². The third kappa shape index (κ3) is 4.24. The zero-order chi connectivity index (χ0) is 23.7. The van der Waals surface area contributed by atoms with Gasteiger partial charge in [-0.05, 0) is 57.6 Å². The molecule has 4 aromatic heterocycles. The number of aliphatic hydroxyl groups excluding tert-OH is 1. The second kappa shape index (κ2) is 9.23. The Kier molecular flexibility index (Phi) is 5.99. The first kappa shape index (κ1) is 22.0. The Labute approximate surface area is 198 Å². The maximum atomic E-state index is 9.41. The van der Waals surface area contributed by atoms with Crippen LogP contribution in [-0.2, 0) is 0 Å². The summed E-state index contributed by atoms with van der Waals surface area (Å²) in [5, 5.41) is 31.9. The van der Waals surface area contributed by atoms with Crippen molar-refractivity contribution in [3.05, 3.63) is 48.5 Å². The summed E-state index contributed by atoms with van der Waals surface area (Å²) < 4.78 is 3.88. The summed E-state index contributed by atoms with van der Waals surface area (Å²) in [5.41, 5.74) is 3.87. The van der Waals surface area contributed by atoms with Crippen LogP contribution < -0.4 is 5.32 Å². The summed E-state index contributed by atoms with van der Waals surface area (Å²) >= 11 is 0. The van der Waals surface area contributed by atoms with Gasteiger partial charge in [0.2, 0.25) is 0 Å². The molecule has 9 heteroatoms. The highest BCUT2D eigenvalue weighted by Crippen LogP contribution is 2.34. The van der Waals surface area contributed by atoms with Gasteiger partial charge in [0, 0.05) is 53.9 Å². The average molecular weight is 457 g/mol. The molecule has 0 radical (unpaired) electrons. The molecule has 9 nitrogen and oxygen atoms in total. The van der Waals surface area contributed by atoms with Gasteiger partial charge in [-0.2, -0.15) is 5.26 Å². The Morgan fingerprint density at radius 1 is 1.18 bits per heavy atom. The first-order valence-corrected chi connectivity index (χ1v) is 11.7. The number of nitrogens with zero attached hydrogens (tertiary/aromatic N) is 7. The summed E-state index contributed by atoms with van der Waals surface area (Å²) in [6.45, 7) is 4.45. The van der Waals surface area contributed by atoms with E-state index in [9.17, 15) is 5.11 Å². The van der Waals surface area contributed by atoms with E-state index in [0.29, 0.717) is 17.5 Å². The van der Waals surface area contributed by atoms with E-state index >= 15 is 0 Å². The lowest BCUT2D eigenvalue weighted by Gasteiger charge is -2.26. The van der Waals surface area contributed by atoms with E-state index in [-0.39, 0.29) is 12.6 Å². The van der Waals surface area contributed by atoms with E-state index < -0.39 is 0 Å². The molecular weight excluding hydrogens is 428 g/mol. The van der Waals surface area contributed by atoms with Gasteiger partial charge in [-0.3, -0.25) is 4.57 Å². The fourth-order valence-corrected chi connectivity index (χ4v) is 4.65. The maximum Gasteiger partial charge on any atom is 0.145 e. The van der Waals surface area contributed by atoms with Crippen molar-refractivity contribution in [2.75, 3.05) is 11.9 Å². The number of fused-ring (bicyclic) bond motifs is 1. The van der Waals surface area contributed by atoms with Gasteiger partial charge in [0.05, 0.1) is 17.8 Å². The zero-order valence-electron chi connectivity index (χ0n) is 19.4. The van der Waals surface area contributed by atoms with Gasteiger partial charge in [-0.15, -0.1) is 5.10 Å². The van der Waals surface area contributed by atoms with Gasteiger partial charge in [0.1, 0.15) is 23.2 Å². The van der Waals surface area contributed by atoms with Gasteiger partial charge in [0.15, 0.2) is 0 Å². The van der Waals surface area contributed by atoms with Crippen molar-refractivity contribution in [1.29, 1.82) is 5.26 Å². The Morgan fingerprint density at radius 2 is 2.00 bits per heavy atom. The van der Waals surface area contributed by atoms with E-state index in [4.69, 9.17) is 10.2 Å². The molecule has 0 saturated heterocycles. The topological polar surface area (TPSA) is 117 Å². The molecule has 0 unspecified atom stereocenters. The smallest absolute Gasteiger partial charge is 0.145 e. The van der Waals surface area contributed by atoms with E-state index in [2.05, 4.69) is 40.5 Å². The van der Waals surface area contributed by atoms with E-state index in [1.165, 1.54) is 0 Å². The highest BCUT2D eigenvalue weighted by molar-refractivity contribution is 5.80. The normalized spacial score (nSPS) is 18.3. The molecule has 1 saturated carbocycles. The average Bonchev–Trinajstić information content (AvgIpc) is 3.51. The molecule has 0 bridgehead atoms. The first-order chi connectivity index (χ1) is 16.6. The largest absolute Gasteiger partial charge is 0.396 e. The van der Waals surface area contributed by atoms with Gasteiger partial charge in [-0.1, -0.05) is 5.21 Å². The van der Waals surface area contributed by atoms with Crippen LogP contribution in [0, 0.1) is 17.2 Å². The minimum atomic E-state index is 0.218. The number of nitriles is 1. The molecule has 34 heavy (non-hydrogen) atoms. The van der Waals surface area contributed by atoms with Crippen molar-refractivity contribution in [3.8, 4) is 23.1 Å². The molecule has 1 aliphatic carbocycles. The predicted molar refractivity (Wildman–Crippen MR) is 129 cm³/mol. The molecule has 4 aromatic rings. The summed E-state index contributed by atoms with van der Waals surface area (Å²) in [4.78, 5) is 9.18. The Balaban J connectivity index is 1.48. The first-order valence-electron chi connectivity index (χ1n) is 11.7. The monoisotopic (exact) mass is 456 g/mol.